The normalized spacial score (nSPS) is 17.5. The van der Waals surface area contributed by atoms with Crippen LogP contribution in [0.15, 0.2) is 79.0 Å². The van der Waals surface area contributed by atoms with Gasteiger partial charge in [0, 0.05) is 44.6 Å². The van der Waals surface area contributed by atoms with E-state index in [0.717, 1.165) is 38.5 Å². The summed E-state index contributed by atoms with van der Waals surface area (Å²) in [6.45, 7) is 7.91. The molecular formula is C26H33N3O2. The maximum atomic E-state index is 10.5. The highest BCUT2D eigenvalue weighted by Crippen LogP contribution is 2.32. The van der Waals surface area contributed by atoms with E-state index in [4.69, 9.17) is 4.74 Å². The fraction of sp³-hybridized carbons (Fsp3) is 0.385. The molecule has 2 unspecified atom stereocenters. The zero-order chi connectivity index (χ0) is 21.5. The molecule has 3 aromatic rings. The van der Waals surface area contributed by atoms with Crippen LogP contribution in [0.25, 0.3) is 0 Å². The number of hydrogen-bond donors (Lipinski definition) is 1. The van der Waals surface area contributed by atoms with Crippen LogP contribution in [0.4, 0.5) is 0 Å². The Morgan fingerprint density at radius 3 is 2.48 bits per heavy atom. The maximum absolute atomic E-state index is 10.5. The molecule has 1 aromatic heterocycles. The van der Waals surface area contributed by atoms with Crippen molar-refractivity contribution in [2.75, 3.05) is 39.3 Å². The van der Waals surface area contributed by atoms with Crippen molar-refractivity contribution in [1.29, 1.82) is 0 Å². The highest BCUT2D eigenvalue weighted by Gasteiger charge is 2.28. The van der Waals surface area contributed by atoms with E-state index in [2.05, 4.69) is 70.0 Å². The second kappa shape index (κ2) is 10.6. The number of aliphatic hydroxyl groups is 1. The van der Waals surface area contributed by atoms with E-state index < -0.39 is 6.10 Å². The Balaban J connectivity index is 1.35. The summed E-state index contributed by atoms with van der Waals surface area (Å²) < 4.78 is 8.09. The molecule has 1 aliphatic rings. The second-order valence-corrected chi connectivity index (χ2v) is 8.15. The zero-order valence-electron chi connectivity index (χ0n) is 18.3. The van der Waals surface area contributed by atoms with Crippen LogP contribution < -0.4 is 4.74 Å². The quantitative estimate of drug-likeness (QED) is 0.545. The number of nitrogens with zero attached hydrogens (tertiary/aromatic N) is 3. The third-order valence-electron chi connectivity index (χ3n) is 6.06. The Kier molecular flexibility index (Phi) is 7.41. The van der Waals surface area contributed by atoms with E-state index in [0.29, 0.717) is 13.2 Å². The van der Waals surface area contributed by atoms with Gasteiger partial charge >= 0.3 is 0 Å². The summed E-state index contributed by atoms with van der Waals surface area (Å²) in [7, 11) is 0. The molecule has 2 atom stereocenters. The Morgan fingerprint density at radius 2 is 1.74 bits per heavy atom. The van der Waals surface area contributed by atoms with Crippen molar-refractivity contribution in [3.63, 3.8) is 0 Å². The van der Waals surface area contributed by atoms with Crippen LogP contribution in [0.1, 0.15) is 24.2 Å². The van der Waals surface area contributed by atoms with E-state index in [9.17, 15) is 5.11 Å². The van der Waals surface area contributed by atoms with Gasteiger partial charge in [0.2, 0.25) is 0 Å². The van der Waals surface area contributed by atoms with E-state index >= 15 is 0 Å². The minimum atomic E-state index is -0.510. The molecule has 1 N–H and O–H groups in total. The lowest BCUT2D eigenvalue weighted by atomic mass is 10.00. The van der Waals surface area contributed by atoms with Gasteiger partial charge in [0.15, 0.2) is 0 Å². The summed E-state index contributed by atoms with van der Waals surface area (Å²) >= 11 is 0. The summed E-state index contributed by atoms with van der Waals surface area (Å²) in [6, 6.07) is 25.1. The lowest BCUT2D eigenvalue weighted by molar-refractivity contribution is 0.0626. The molecule has 0 fully saturated rings. The minimum Gasteiger partial charge on any atom is -0.491 e. The highest BCUT2D eigenvalue weighted by atomic mass is 16.5. The van der Waals surface area contributed by atoms with Crippen molar-refractivity contribution >= 4 is 0 Å². The third kappa shape index (κ3) is 5.56. The molecule has 0 saturated carbocycles. The van der Waals surface area contributed by atoms with Crippen molar-refractivity contribution in [2.24, 2.45) is 0 Å². The molecule has 0 amide bonds. The molecule has 164 valence electrons. The van der Waals surface area contributed by atoms with Crippen molar-refractivity contribution in [1.82, 2.24) is 14.4 Å². The van der Waals surface area contributed by atoms with Gasteiger partial charge < -0.3 is 14.4 Å². The molecule has 0 bridgehead atoms. The Labute approximate surface area is 185 Å². The molecule has 5 nitrogen and oxygen atoms in total. The fourth-order valence-corrected chi connectivity index (χ4v) is 4.40. The molecule has 4 rings (SSSR count). The smallest absolute Gasteiger partial charge is 0.119 e. The predicted octanol–water partition coefficient (Wildman–Crippen LogP) is 3.65. The fourth-order valence-electron chi connectivity index (χ4n) is 4.40. The van der Waals surface area contributed by atoms with Crippen molar-refractivity contribution in [2.45, 2.75) is 25.6 Å². The Hall–Kier alpha value is -2.60. The van der Waals surface area contributed by atoms with Gasteiger partial charge in [0.25, 0.3) is 0 Å². The van der Waals surface area contributed by atoms with Gasteiger partial charge in [-0.05, 0) is 36.4 Å². The first-order chi connectivity index (χ1) is 15.2. The van der Waals surface area contributed by atoms with Gasteiger partial charge in [0.1, 0.15) is 18.5 Å². The number of likely N-dealkylation sites (N-methyl/N-ethyl adjacent to an activating group) is 1. The number of aromatic nitrogens is 1. The Bertz CT molecular complexity index is 913. The number of ether oxygens (including phenoxy) is 1. The molecule has 0 spiro atoms. The summed E-state index contributed by atoms with van der Waals surface area (Å²) in [5.41, 5.74) is 2.69. The highest BCUT2D eigenvalue weighted by molar-refractivity contribution is 5.30. The number of para-hydroxylation sites is 1. The third-order valence-corrected chi connectivity index (χ3v) is 6.06. The van der Waals surface area contributed by atoms with Gasteiger partial charge in [-0.15, -0.1) is 0 Å². The Morgan fingerprint density at radius 1 is 1.00 bits per heavy atom. The average Bonchev–Trinajstić information content (AvgIpc) is 3.30. The molecule has 2 aromatic carbocycles. The number of hydrogen-bond acceptors (Lipinski definition) is 4. The van der Waals surface area contributed by atoms with Crippen molar-refractivity contribution < 1.29 is 9.84 Å². The molecule has 31 heavy (non-hydrogen) atoms. The van der Waals surface area contributed by atoms with Crippen LogP contribution in [0.5, 0.6) is 5.75 Å². The van der Waals surface area contributed by atoms with Crippen LogP contribution in [-0.2, 0) is 6.54 Å². The molecule has 0 radical (unpaired) electrons. The van der Waals surface area contributed by atoms with E-state index in [1.165, 1.54) is 11.3 Å². The van der Waals surface area contributed by atoms with Gasteiger partial charge in [-0.3, -0.25) is 9.80 Å². The molecule has 0 aliphatic carbocycles. The van der Waals surface area contributed by atoms with Gasteiger partial charge in [-0.2, -0.15) is 0 Å². The lowest BCUT2D eigenvalue weighted by Crippen LogP contribution is -2.44. The van der Waals surface area contributed by atoms with Gasteiger partial charge in [-0.25, -0.2) is 0 Å². The van der Waals surface area contributed by atoms with Gasteiger partial charge in [-0.1, -0.05) is 55.5 Å². The van der Waals surface area contributed by atoms with Crippen LogP contribution in [0.2, 0.25) is 0 Å². The standard InChI is InChI=1S/C26H33N3O2/c1-2-27(20-23(30)21-31-24-12-7-4-8-13-24)16-17-29-19-18-28-15-9-14-25(28)26(29)22-10-5-3-6-11-22/h3-15,23,26,30H,2,16-21H2,1H3. The number of fused-ring (bicyclic) bond motifs is 1. The largest absolute Gasteiger partial charge is 0.491 e. The molecule has 0 saturated heterocycles. The first kappa shape index (κ1) is 21.6. The van der Waals surface area contributed by atoms with Crippen LogP contribution in [0.3, 0.4) is 0 Å². The molecule has 1 aliphatic heterocycles. The number of benzene rings is 2. The number of aliphatic hydroxyl groups excluding tert-OH is 1. The van der Waals surface area contributed by atoms with Crippen LogP contribution in [-0.4, -0.2) is 64.9 Å². The molecule has 5 heteroatoms. The van der Waals surface area contributed by atoms with Crippen molar-refractivity contribution in [3.8, 4) is 5.75 Å². The summed E-state index contributed by atoms with van der Waals surface area (Å²) in [6.07, 6.45) is 1.67. The summed E-state index contributed by atoms with van der Waals surface area (Å²) in [5, 5.41) is 10.5. The lowest BCUT2D eigenvalue weighted by Gasteiger charge is -2.38. The summed E-state index contributed by atoms with van der Waals surface area (Å²) in [5.74, 6) is 0.798. The minimum absolute atomic E-state index is 0.273. The number of rotatable bonds is 10. The topological polar surface area (TPSA) is 40.9 Å². The first-order valence-electron chi connectivity index (χ1n) is 11.3. The predicted molar refractivity (Wildman–Crippen MR) is 124 cm³/mol. The summed E-state index contributed by atoms with van der Waals surface area (Å²) in [4.78, 5) is 4.88. The molecule has 2 heterocycles. The maximum Gasteiger partial charge on any atom is 0.119 e. The van der Waals surface area contributed by atoms with E-state index in [1.807, 2.05) is 30.3 Å². The SMILES string of the molecule is CCN(CCN1CCn2cccc2C1c1ccccc1)CC(O)COc1ccccc1. The average molecular weight is 420 g/mol. The molecular weight excluding hydrogens is 386 g/mol. The van der Waals surface area contributed by atoms with E-state index in [-0.39, 0.29) is 6.04 Å². The second-order valence-electron chi connectivity index (χ2n) is 8.15. The zero-order valence-corrected chi connectivity index (χ0v) is 18.3. The first-order valence-corrected chi connectivity index (χ1v) is 11.3. The monoisotopic (exact) mass is 419 g/mol. The van der Waals surface area contributed by atoms with Crippen molar-refractivity contribution in [3.05, 3.63) is 90.3 Å². The van der Waals surface area contributed by atoms with Gasteiger partial charge in [0.05, 0.1) is 6.04 Å². The van der Waals surface area contributed by atoms with Crippen LogP contribution >= 0.6 is 0 Å². The van der Waals surface area contributed by atoms with E-state index in [1.54, 1.807) is 0 Å². The van der Waals surface area contributed by atoms with Crippen LogP contribution in [0, 0.1) is 0 Å².